The number of urea groups is 1. The molecule has 1 heterocycles. The van der Waals surface area contributed by atoms with Crippen LogP contribution >= 0.6 is 0 Å². The van der Waals surface area contributed by atoms with Crippen LogP contribution in [-0.2, 0) is 51.4 Å². The first-order valence-corrected chi connectivity index (χ1v) is 27.8. The number of alkyl carbamates (subject to hydrolysis) is 3. The molecule has 1 saturated heterocycles. The van der Waals surface area contributed by atoms with Crippen LogP contribution in [0, 0.1) is 46.3 Å². The minimum atomic E-state index is -1.10. The zero-order valence-electron chi connectivity index (χ0n) is 49.2. The third-order valence-electron chi connectivity index (χ3n) is 14.8. The summed E-state index contributed by atoms with van der Waals surface area (Å²) >= 11 is 0. The summed E-state index contributed by atoms with van der Waals surface area (Å²) in [6.07, 6.45) is 1.26. The van der Waals surface area contributed by atoms with Gasteiger partial charge in [-0.05, 0) is 77.7 Å². The lowest BCUT2D eigenvalue weighted by Gasteiger charge is -2.38. The average Bonchev–Trinajstić information content (AvgIpc) is 3.64. The van der Waals surface area contributed by atoms with E-state index >= 15 is 0 Å². The molecule has 2 aliphatic carbocycles. The fourth-order valence-corrected chi connectivity index (χ4v) is 9.47. The lowest BCUT2D eigenvalue weighted by Crippen LogP contribution is -2.62. The summed E-state index contributed by atoms with van der Waals surface area (Å²) in [6, 6.07) is 14.2. The molecule has 2 aromatic rings. The number of hydrogen-bond donors (Lipinski definition) is 9. The van der Waals surface area contributed by atoms with Crippen LogP contribution < -0.4 is 49.1 Å². The summed E-state index contributed by atoms with van der Waals surface area (Å²) in [7, 11) is 0. The van der Waals surface area contributed by atoms with E-state index in [0.29, 0.717) is 25.4 Å². The average molecular weight is 1120 g/mol. The summed E-state index contributed by atoms with van der Waals surface area (Å²) < 4.78 is 15.2. The van der Waals surface area contributed by atoms with E-state index in [1.165, 1.54) is 4.90 Å². The molecule has 3 aliphatic rings. The number of nitrogens with two attached hydrogens (primary N) is 3. The molecule has 9 amide bonds. The minimum absolute atomic E-state index is 0.0433. The van der Waals surface area contributed by atoms with E-state index in [0.717, 1.165) is 30.4 Å². The van der Waals surface area contributed by atoms with Crippen LogP contribution in [0.25, 0.3) is 0 Å². The standard InChI is InChI=1S/C32H54N6O7.C13H18N2O3.C13H20N2O2/c1-16(2)21(14-34-30(44)45-17(3)4)36-29(43)37-25(31(5,6)7)28(42)38-15-19-22(32(19,8)9)23(38)27(41)35-20(24(39)26(33)40)13-18-11-10-12-18;1-9(2)11(12(14)16)15-13(17)18-8-10-6-4-3-5-7-10;1-10(2)12(8-14)15-13(16)17-9-11-6-4-3-5-7-11/h16-23,25H,10-15H2,1-9H3,(H2,33,40)(H,34,44)(H,35,41)(H2,36,37,43);3-7,9,11H,8H2,1-2H3,(H2,14,16)(H,15,17);3-7,10,12H,8-9,14H2,1-2H3,(H,15,16)/t19-,20?,21+,22-,23-,25+;11-;12-/m001/s1. The second-order valence-corrected chi connectivity index (χ2v) is 23.9. The van der Waals surface area contributed by atoms with E-state index in [9.17, 15) is 43.2 Å². The van der Waals surface area contributed by atoms with Gasteiger partial charge in [0.05, 0.1) is 18.2 Å². The molecule has 446 valence electrons. The van der Waals surface area contributed by atoms with Gasteiger partial charge >= 0.3 is 24.3 Å². The number of fused-ring (bicyclic) bond motifs is 1. The maximum absolute atomic E-state index is 14.2. The molecular weight excluding hydrogens is 1030 g/mol. The van der Waals surface area contributed by atoms with Crippen LogP contribution in [0.1, 0.15) is 127 Å². The normalized spacial score (nSPS) is 18.8. The highest BCUT2D eigenvalue weighted by molar-refractivity contribution is 6.37. The fraction of sp³-hybridized carbons (Fsp3) is 0.638. The molecule has 5 rings (SSSR count). The highest BCUT2D eigenvalue weighted by atomic mass is 16.6. The Morgan fingerprint density at radius 1 is 0.688 bits per heavy atom. The number of carbonyl (C=O) groups excluding carboxylic acids is 9. The summed E-state index contributed by atoms with van der Waals surface area (Å²) in [5, 5.41) is 16.3. The molecule has 1 unspecified atom stereocenters. The molecule has 3 fully saturated rings. The number of Topliss-reactive ketones (excluding diaryl/α,β-unsaturated/α-hetero) is 1. The molecule has 22 heteroatoms. The van der Waals surface area contributed by atoms with Crippen molar-refractivity contribution >= 4 is 53.7 Å². The first-order chi connectivity index (χ1) is 37.4. The van der Waals surface area contributed by atoms with Gasteiger partial charge in [0.1, 0.15) is 31.3 Å². The van der Waals surface area contributed by atoms with Crippen molar-refractivity contribution in [2.24, 2.45) is 63.5 Å². The number of likely N-dealkylation sites (tertiary alicyclic amines) is 1. The molecule has 0 radical (unpaired) electrons. The van der Waals surface area contributed by atoms with Crippen LogP contribution in [0.5, 0.6) is 0 Å². The second kappa shape index (κ2) is 31.1. The van der Waals surface area contributed by atoms with Crippen molar-refractivity contribution in [3.05, 3.63) is 71.8 Å². The van der Waals surface area contributed by atoms with Gasteiger partial charge in [0, 0.05) is 25.7 Å². The molecule has 8 atom stereocenters. The topological polar surface area (TPSA) is 335 Å². The lowest BCUT2D eigenvalue weighted by atomic mass is 9.80. The quantitative estimate of drug-likeness (QED) is 0.0499. The summed E-state index contributed by atoms with van der Waals surface area (Å²) in [5.74, 6) is -3.06. The number of piperidine rings is 1. The van der Waals surface area contributed by atoms with Crippen molar-refractivity contribution in [1.29, 1.82) is 0 Å². The number of carbonyl (C=O) groups is 9. The molecule has 0 spiro atoms. The Hall–Kier alpha value is -6.97. The number of nitrogens with one attached hydrogen (secondary N) is 6. The van der Waals surface area contributed by atoms with E-state index in [2.05, 4.69) is 45.7 Å². The minimum Gasteiger partial charge on any atom is -0.447 e. The van der Waals surface area contributed by atoms with E-state index in [4.69, 9.17) is 31.4 Å². The predicted octanol–water partition coefficient (Wildman–Crippen LogP) is 5.39. The highest BCUT2D eigenvalue weighted by Crippen LogP contribution is 2.65. The number of primary amides is 2. The lowest BCUT2D eigenvalue weighted by molar-refractivity contribution is -0.145. The van der Waals surface area contributed by atoms with Gasteiger partial charge in [-0.3, -0.25) is 24.0 Å². The van der Waals surface area contributed by atoms with Crippen molar-refractivity contribution in [1.82, 2.24) is 36.8 Å². The largest absolute Gasteiger partial charge is 0.447 e. The first kappa shape index (κ1) is 67.3. The van der Waals surface area contributed by atoms with Gasteiger partial charge in [0.15, 0.2) is 0 Å². The predicted molar refractivity (Wildman–Crippen MR) is 303 cm³/mol. The number of benzene rings is 2. The Labute approximate surface area is 472 Å². The van der Waals surface area contributed by atoms with Crippen LogP contribution in [0.3, 0.4) is 0 Å². The van der Waals surface area contributed by atoms with Crippen LogP contribution in [0.4, 0.5) is 19.2 Å². The maximum Gasteiger partial charge on any atom is 0.408 e. The molecule has 2 aromatic carbocycles. The van der Waals surface area contributed by atoms with E-state index in [-0.39, 0.29) is 66.9 Å². The molecule has 0 bridgehead atoms. The zero-order valence-corrected chi connectivity index (χ0v) is 49.2. The Morgan fingerprint density at radius 3 is 1.64 bits per heavy atom. The number of nitrogens with zero attached hydrogens (tertiary/aromatic N) is 1. The Morgan fingerprint density at radius 2 is 1.21 bits per heavy atom. The fourth-order valence-electron chi connectivity index (χ4n) is 9.47. The molecule has 1 aliphatic heterocycles. The maximum atomic E-state index is 14.2. The van der Waals surface area contributed by atoms with Crippen molar-refractivity contribution in [2.45, 2.75) is 171 Å². The number of ketones is 1. The van der Waals surface area contributed by atoms with Gasteiger partial charge < -0.3 is 68.2 Å². The highest BCUT2D eigenvalue weighted by Gasteiger charge is 2.70. The molecule has 80 heavy (non-hydrogen) atoms. The van der Waals surface area contributed by atoms with Gasteiger partial charge in [-0.1, -0.05) is 156 Å². The molecule has 12 N–H and O–H groups in total. The third-order valence-corrected chi connectivity index (χ3v) is 14.8. The number of hydrogen-bond acceptors (Lipinski definition) is 13. The van der Waals surface area contributed by atoms with Crippen LogP contribution in [0.15, 0.2) is 60.7 Å². The Balaban J connectivity index is 0.000000390. The van der Waals surface area contributed by atoms with Crippen molar-refractivity contribution < 1.29 is 57.4 Å². The van der Waals surface area contributed by atoms with Crippen molar-refractivity contribution in [2.75, 3.05) is 19.6 Å². The number of ether oxygens (including phenoxy) is 3. The summed E-state index contributed by atoms with van der Waals surface area (Å²) in [6.45, 7) is 25.8. The van der Waals surface area contributed by atoms with E-state index in [1.807, 2.05) is 109 Å². The molecule has 0 aromatic heterocycles. The van der Waals surface area contributed by atoms with Crippen molar-refractivity contribution in [3.63, 3.8) is 0 Å². The Bertz CT molecular complexity index is 2380. The Kier molecular flexibility index (Phi) is 26.2. The third kappa shape index (κ3) is 21.3. The summed E-state index contributed by atoms with van der Waals surface area (Å²) in [4.78, 5) is 113. The van der Waals surface area contributed by atoms with Gasteiger partial charge in [-0.2, -0.15) is 0 Å². The summed E-state index contributed by atoms with van der Waals surface area (Å²) in [5.41, 5.74) is 17.0. The van der Waals surface area contributed by atoms with Crippen LogP contribution in [-0.4, -0.2) is 121 Å². The molecule has 2 saturated carbocycles. The number of rotatable bonds is 23. The molecular formula is C58H92N10O12. The van der Waals surface area contributed by atoms with Crippen molar-refractivity contribution in [3.8, 4) is 0 Å². The SMILES string of the molecule is CC(C)OC(=O)NC[C@@H](NC(=O)N[C@H](C(=O)N1C[C@H]2[C@@H]([C@H]1C(=O)NC(CC1CCC1)C(=O)C(N)=O)C2(C)C)C(C)(C)C)C(C)C.CC(C)[C@@H](CN)NC(=O)OCc1ccccc1.CC(C)[C@H](NC(=O)OCc1ccccc1)C(N)=O. The van der Waals surface area contributed by atoms with Crippen LogP contribution in [0.2, 0.25) is 0 Å². The van der Waals surface area contributed by atoms with E-state index in [1.54, 1.807) is 27.7 Å². The zero-order chi connectivity index (χ0) is 60.2. The smallest absolute Gasteiger partial charge is 0.408 e. The van der Waals surface area contributed by atoms with Gasteiger partial charge in [-0.15, -0.1) is 0 Å². The van der Waals surface area contributed by atoms with Gasteiger partial charge in [-0.25, -0.2) is 19.2 Å². The second-order valence-electron chi connectivity index (χ2n) is 23.9. The number of amides is 9. The monoisotopic (exact) mass is 1120 g/mol. The van der Waals surface area contributed by atoms with Gasteiger partial charge in [0.2, 0.25) is 23.5 Å². The van der Waals surface area contributed by atoms with Gasteiger partial charge in [0.25, 0.3) is 5.91 Å². The first-order valence-electron chi connectivity index (χ1n) is 27.8. The van der Waals surface area contributed by atoms with E-state index < -0.39 is 89.3 Å². The molecule has 22 nitrogen and oxygen atoms in total.